The molecule has 0 unspecified atom stereocenters. The Morgan fingerprint density at radius 3 is 2.81 bits per heavy atom. The van der Waals surface area contributed by atoms with E-state index in [9.17, 15) is 14.7 Å². The zero-order chi connectivity index (χ0) is 18.3. The largest absolute Gasteiger partial charge is 0.380 e. The molecule has 1 amide bonds. The van der Waals surface area contributed by atoms with Gasteiger partial charge in [0.05, 0.1) is 6.04 Å². The number of fused-ring (bicyclic) bond motifs is 2. The van der Waals surface area contributed by atoms with E-state index in [2.05, 4.69) is 11.0 Å². The molecule has 1 aliphatic carbocycles. The van der Waals surface area contributed by atoms with Crippen LogP contribution >= 0.6 is 0 Å². The first kappa shape index (κ1) is 16.2. The molecule has 3 heterocycles. The van der Waals surface area contributed by atoms with E-state index in [-0.39, 0.29) is 23.3 Å². The van der Waals surface area contributed by atoms with Crippen LogP contribution in [0.15, 0.2) is 35.9 Å². The Morgan fingerprint density at radius 1 is 1.35 bits per heavy atom. The van der Waals surface area contributed by atoms with Gasteiger partial charge in [0, 0.05) is 36.5 Å². The average molecular weight is 352 g/mol. The minimum atomic E-state index is -1.56. The predicted octanol–water partition coefficient (Wildman–Crippen LogP) is 1.64. The zero-order valence-electron chi connectivity index (χ0n) is 15.2. The minimum absolute atomic E-state index is 0.111. The van der Waals surface area contributed by atoms with Gasteiger partial charge in [0.1, 0.15) is 5.60 Å². The molecule has 5 heteroatoms. The van der Waals surface area contributed by atoms with Gasteiger partial charge < -0.3 is 14.8 Å². The van der Waals surface area contributed by atoms with E-state index in [0.717, 1.165) is 49.0 Å². The Kier molecular flexibility index (Phi) is 3.15. The van der Waals surface area contributed by atoms with Crippen LogP contribution in [0.4, 0.5) is 5.69 Å². The number of aldehydes is 1. The van der Waals surface area contributed by atoms with Gasteiger partial charge >= 0.3 is 0 Å². The first-order valence-corrected chi connectivity index (χ1v) is 9.46. The van der Waals surface area contributed by atoms with Crippen LogP contribution in [0.3, 0.4) is 0 Å². The summed E-state index contributed by atoms with van der Waals surface area (Å²) in [5.74, 6) is -0.335. The first-order valence-electron chi connectivity index (χ1n) is 9.46. The average Bonchev–Trinajstić information content (AvgIpc) is 3.19. The van der Waals surface area contributed by atoms with Gasteiger partial charge in [0.2, 0.25) is 5.91 Å². The number of hydrogen-bond acceptors (Lipinski definition) is 4. The minimum Gasteiger partial charge on any atom is -0.380 e. The standard InChI is InChI=1S/C21H24N2O3/c1-3-14-11-22-9-8-20-15-6-4-5-7-17(15)23(13(2)25)19(20)21(26,12-24)16(14)10-18(20)22/h3-7,12,16,18-19,26H,8-11H2,1-2H3/t16-,18-,19+,20+,21-/m0/s1. The van der Waals surface area contributed by atoms with Crippen molar-refractivity contribution >= 4 is 17.9 Å². The topological polar surface area (TPSA) is 60.9 Å². The third-order valence-electron chi connectivity index (χ3n) is 7.45. The molecular weight excluding hydrogens is 328 g/mol. The molecule has 3 aliphatic heterocycles. The summed E-state index contributed by atoms with van der Waals surface area (Å²) in [5.41, 5.74) is 1.18. The van der Waals surface area contributed by atoms with Crippen molar-refractivity contribution in [2.75, 3.05) is 18.0 Å². The third kappa shape index (κ3) is 1.60. The normalized spacial score (nSPS) is 41.9. The van der Waals surface area contributed by atoms with Crippen molar-refractivity contribution in [1.82, 2.24) is 4.90 Å². The Labute approximate surface area is 153 Å². The van der Waals surface area contributed by atoms with Crippen molar-refractivity contribution in [3.05, 3.63) is 41.5 Å². The molecule has 1 aromatic rings. The highest BCUT2D eigenvalue weighted by Gasteiger charge is 2.72. The lowest BCUT2D eigenvalue weighted by Gasteiger charge is -2.58. The number of aliphatic hydroxyl groups is 1. The summed E-state index contributed by atoms with van der Waals surface area (Å²) in [6.07, 6.45) is 4.40. The number of benzene rings is 1. The summed E-state index contributed by atoms with van der Waals surface area (Å²) in [4.78, 5) is 29.2. The third-order valence-corrected chi connectivity index (χ3v) is 7.45. The highest BCUT2D eigenvalue weighted by Crippen LogP contribution is 2.63. The van der Waals surface area contributed by atoms with Crippen LogP contribution in [-0.4, -0.2) is 53.0 Å². The number of carbonyl (C=O) groups is 2. The number of allylic oxidation sites excluding steroid dienone is 1. The van der Waals surface area contributed by atoms with Crippen LogP contribution in [0.2, 0.25) is 0 Å². The molecule has 4 aliphatic rings. The van der Waals surface area contributed by atoms with E-state index >= 15 is 0 Å². The van der Waals surface area contributed by atoms with Crippen molar-refractivity contribution in [2.45, 2.75) is 49.8 Å². The SMILES string of the molecule is CC=C1CN2CC[C@]34c5ccccc5N(C(C)=O)[C@H]3[C@](O)(C=O)[C@H]1C[C@H]24. The fraction of sp³-hybridized carbons (Fsp3) is 0.524. The van der Waals surface area contributed by atoms with Crippen molar-refractivity contribution in [3.63, 3.8) is 0 Å². The molecule has 1 spiro atoms. The molecule has 26 heavy (non-hydrogen) atoms. The lowest BCUT2D eigenvalue weighted by Crippen LogP contribution is -2.73. The van der Waals surface area contributed by atoms with Gasteiger partial charge in [-0.2, -0.15) is 0 Å². The summed E-state index contributed by atoms with van der Waals surface area (Å²) in [6.45, 7) is 5.25. The molecule has 2 saturated heterocycles. The molecule has 5 atom stereocenters. The van der Waals surface area contributed by atoms with E-state index in [1.807, 2.05) is 31.2 Å². The molecular formula is C21H24N2O3. The summed E-state index contributed by atoms with van der Waals surface area (Å²) in [7, 11) is 0. The Balaban J connectivity index is 1.83. The molecule has 1 N–H and O–H groups in total. The first-order chi connectivity index (χ1) is 12.5. The van der Waals surface area contributed by atoms with Gasteiger partial charge in [-0.05, 0) is 37.9 Å². The molecule has 5 rings (SSSR count). The number of anilines is 1. The summed E-state index contributed by atoms with van der Waals surface area (Å²) in [6, 6.07) is 7.70. The van der Waals surface area contributed by atoms with Gasteiger partial charge in [-0.25, -0.2) is 0 Å². The highest BCUT2D eigenvalue weighted by atomic mass is 16.3. The number of amides is 1. The molecule has 0 aromatic heterocycles. The fourth-order valence-corrected chi connectivity index (χ4v) is 6.56. The number of hydrogen-bond donors (Lipinski definition) is 1. The number of para-hydroxylation sites is 1. The maximum Gasteiger partial charge on any atom is 0.224 e. The molecule has 0 radical (unpaired) electrons. The van der Waals surface area contributed by atoms with Crippen LogP contribution in [0.5, 0.6) is 0 Å². The zero-order valence-corrected chi connectivity index (χ0v) is 15.2. The van der Waals surface area contributed by atoms with E-state index in [1.54, 1.807) is 4.90 Å². The van der Waals surface area contributed by atoms with Gasteiger partial charge in [0.25, 0.3) is 0 Å². The van der Waals surface area contributed by atoms with Crippen molar-refractivity contribution in [3.8, 4) is 0 Å². The molecule has 3 fully saturated rings. The van der Waals surface area contributed by atoms with E-state index < -0.39 is 11.6 Å². The molecule has 5 nitrogen and oxygen atoms in total. The number of carbonyl (C=O) groups excluding carboxylic acids is 2. The molecule has 1 aromatic carbocycles. The molecule has 1 saturated carbocycles. The van der Waals surface area contributed by atoms with Gasteiger partial charge in [-0.3, -0.25) is 9.69 Å². The van der Waals surface area contributed by atoms with Crippen LogP contribution in [0.25, 0.3) is 0 Å². The van der Waals surface area contributed by atoms with E-state index in [0.29, 0.717) is 0 Å². The molecule has 2 bridgehead atoms. The lowest BCUT2D eigenvalue weighted by atomic mass is 9.54. The maximum absolute atomic E-state index is 12.7. The van der Waals surface area contributed by atoms with E-state index in [1.165, 1.54) is 6.92 Å². The monoisotopic (exact) mass is 352 g/mol. The molecule has 136 valence electrons. The second-order valence-corrected chi connectivity index (χ2v) is 8.24. The quantitative estimate of drug-likeness (QED) is 0.617. The number of nitrogens with zero attached hydrogens (tertiary/aromatic N) is 2. The Hall–Kier alpha value is -1.98. The Morgan fingerprint density at radius 2 is 2.12 bits per heavy atom. The van der Waals surface area contributed by atoms with Gasteiger partial charge in [0.15, 0.2) is 6.29 Å². The number of piperidine rings is 1. The summed E-state index contributed by atoms with van der Waals surface area (Å²) in [5, 5.41) is 11.7. The maximum atomic E-state index is 12.7. The van der Waals surface area contributed by atoms with Crippen molar-refractivity contribution < 1.29 is 14.7 Å². The van der Waals surface area contributed by atoms with Crippen LogP contribution in [0.1, 0.15) is 32.3 Å². The van der Waals surface area contributed by atoms with Crippen molar-refractivity contribution in [1.29, 1.82) is 0 Å². The second-order valence-electron chi connectivity index (χ2n) is 8.24. The second kappa shape index (κ2) is 5.05. The highest BCUT2D eigenvalue weighted by molar-refractivity contribution is 5.97. The lowest BCUT2D eigenvalue weighted by molar-refractivity contribution is -0.146. The summed E-state index contributed by atoms with van der Waals surface area (Å²) >= 11 is 0. The van der Waals surface area contributed by atoms with Crippen LogP contribution < -0.4 is 4.90 Å². The van der Waals surface area contributed by atoms with Crippen LogP contribution in [0, 0.1) is 5.92 Å². The van der Waals surface area contributed by atoms with Gasteiger partial charge in [-0.15, -0.1) is 0 Å². The Bertz CT molecular complexity index is 849. The fourth-order valence-electron chi connectivity index (χ4n) is 6.56. The van der Waals surface area contributed by atoms with Crippen LogP contribution in [-0.2, 0) is 15.0 Å². The smallest absolute Gasteiger partial charge is 0.224 e. The van der Waals surface area contributed by atoms with E-state index in [4.69, 9.17) is 0 Å². The summed E-state index contributed by atoms with van der Waals surface area (Å²) < 4.78 is 0. The van der Waals surface area contributed by atoms with Crippen molar-refractivity contribution in [2.24, 2.45) is 5.92 Å². The van der Waals surface area contributed by atoms with Gasteiger partial charge in [-0.1, -0.05) is 29.8 Å². The predicted molar refractivity (Wildman–Crippen MR) is 97.9 cm³/mol. The number of rotatable bonds is 1.